The number of para-hydroxylation sites is 2. The molecule has 5 heteroatoms. The first kappa shape index (κ1) is 17.4. The van der Waals surface area contributed by atoms with Gasteiger partial charge in [-0.2, -0.15) is 0 Å². The molecule has 4 saturated carbocycles. The summed E-state index contributed by atoms with van der Waals surface area (Å²) in [6, 6.07) is 7.06. The lowest BCUT2D eigenvalue weighted by Crippen LogP contribution is -2.53. The number of carbonyl (C=O) groups is 2. The van der Waals surface area contributed by atoms with E-state index >= 15 is 0 Å². The third kappa shape index (κ3) is 3.31. The normalized spacial score (nSPS) is 31.5. The van der Waals surface area contributed by atoms with Crippen LogP contribution in [0.3, 0.4) is 0 Å². The Labute approximate surface area is 154 Å². The van der Waals surface area contributed by atoms with Crippen molar-refractivity contribution in [2.24, 2.45) is 23.2 Å². The number of carbonyl (C=O) groups excluding carboxylic acids is 2. The zero-order chi connectivity index (χ0) is 18.1. The van der Waals surface area contributed by atoms with Crippen LogP contribution in [-0.4, -0.2) is 25.5 Å². The Hall–Kier alpha value is -2.04. The van der Waals surface area contributed by atoms with E-state index in [0.717, 1.165) is 37.0 Å². The molecule has 1 aromatic carbocycles. The first-order valence-corrected chi connectivity index (χ1v) is 9.70. The number of methoxy groups -OCH3 is 1. The number of esters is 1. The minimum Gasteiger partial charge on any atom is -0.493 e. The average molecular weight is 357 g/mol. The molecule has 140 valence electrons. The molecule has 0 aromatic heterocycles. The summed E-state index contributed by atoms with van der Waals surface area (Å²) in [7, 11) is 1.54. The Morgan fingerprint density at radius 1 is 1.04 bits per heavy atom. The van der Waals surface area contributed by atoms with E-state index < -0.39 is 0 Å². The first-order chi connectivity index (χ1) is 12.6. The maximum atomic E-state index is 12.9. The molecule has 1 N–H and O–H groups in total. The monoisotopic (exact) mass is 357 g/mol. The molecule has 0 spiro atoms. The zero-order valence-corrected chi connectivity index (χ0v) is 15.3. The summed E-state index contributed by atoms with van der Waals surface area (Å²) in [6.07, 6.45) is 7.23. The molecule has 0 aliphatic heterocycles. The van der Waals surface area contributed by atoms with Crippen LogP contribution >= 0.6 is 0 Å². The van der Waals surface area contributed by atoms with Crippen LogP contribution in [0.25, 0.3) is 0 Å². The average Bonchev–Trinajstić information content (AvgIpc) is 2.61. The van der Waals surface area contributed by atoms with Crippen molar-refractivity contribution in [3.8, 4) is 11.5 Å². The van der Waals surface area contributed by atoms with Crippen LogP contribution in [0.4, 0.5) is 0 Å². The summed E-state index contributed by atoms with van der Waals surface area (Å²) in [5.41, 5.74) is -0.165. The maximum Gasteiger partial charge on any atom is 0.313 e. The number of rotatable bonds is 6. The van der Waals surface area contributed by atoms with Gasteiger partial charge in [0.2, 0.25) is 5.91 Å². The molecule has 0 saturated heterocycles. The third-order valence-corrected chi connectivity index (χ3v) is 6.43. The van der Waals surface area contributed by atoms with E-state index in [1.807, 2.05) is 6.07 Å². The summed E-state index contributed by atoms with van der Waals surface area (Å²) < 4.78 is 10.5. The SMILES string of the molecule is COc1ccccc1OC(=O)CCNC(=O)C12CC3CC(CC(C3)C1)C2. The van der Waals surface area contributed by atoms with Gasteiger partial charge >= 0.3 is 5.97 Å². The Bertz CT molecular complexity index is 664. The second kappa shape index (κ2) is 6.93. The van der Waals surface area contributed by atoms with Crippen LogP contribution in [0.5, 0.6) is 11.5 Å². The molecule has 26 heavy (non-hydrogen) atoms. The van der Waals surface area contributed by atoms with Crippen molar-refractivity contribution in [2.45, 2.75) is 44.9 Å². The van der Waals surface area contributed by atoms with Crippen LogP contribution in [0, 0.1) is 23.2 Å². The van der Waals surface area contributed by atoms with Gasteiger partial charge in [-0.05, 0) is 68.4 Å². The summed E-state index contributed by atoms with van der Waals surface area (Å²) >= 11 is 0. The van der Waals surface area contributed by atoms with E-state index in [1.165, 1.54) is 19.3 Å². The van der Waals surface area contributed by atoms with Crippen LogP contribution < -0.4 is 14.8 Å². The van der Waals surface area contributed by atoms with Gasteiger partial charge in [0.15, 0.2) is 11.5 Å². The number of hydrogen-bond donors (Lipinski definition) is 1. The van der Waals surface area contributed by atoms with Crippen molar-refractivity contribution in [1.82, 2.24) is 5.32 Å². The predicted molar refractivity (Wildman–Crippen MR) is 96.9 cm³/mol. The molecule has 5 nitrogen and oxygen atoms in total. The molecule has 1 aromatic rings. The maximum absolute atomic E-state index is 12.9. The third-order valence-electron chi connectivity index (χ3n) is 6.43. The van der Waals surface area contributed by atoms with Crippen molar-refractivity contribution < 1.29 is 19.1 Å². The fourth-order valence-corrected chi connectivity index (χ4v) is 5.73. The largest absolute Gasteiger partial charge is 0.493 e. The second-order valence-electron chi connectivity index (χ2n) is 8.33. The highest BCUT2D eigenvalue weighted by atomic mass is 16.6. The summed E-state index contributed by atoms with van der Waals surface area (Å²) in [6.45, 7) is 0.328. The van der Waals surface area contributed by atoms with Gasteiger partial charge in [0.25, 0.3) is 0 Å². The van der Waals surface area contributed by atoms with Gasteiger partial charge in [-0.25, -0.2) is 0 Å². The molecule has 1 amide bonds. The quantitative estimate of drug-likeness (QED) is 0.626. The van der Waals surface area contributed by atoms with E-state index in [9.17, 15) is 9.59 Å². The van der Waals surface area contributed by atoms with Crippen molar-refractivity contribution in [3.63, 3.8) is 0 Å². The van der Waals surface area contributed by atoms with Crippen LogP contribution in [0.15, 0.2) is 24.3 Å². The number of amides is 1. The Balaban J connectivity index is 1.28. The number of hydrogen-bond acceptors (Lipinski definition) is 4. The van der Waals surface area contributed by atoms with Gasteiger partial charge in [0.05, 0.1) is 13.5 Å². The smallest absolute Gasteiger partial charge is 0.313 e. The minimum atomic E-state index is -0.361. The van der Waals surface area contributed by atoms with Gasteiger partial charge in [-0.1, -0.05) is 12.1 Å². The summed E-state index contributed by atoms with van der Waals surface area (Å²) in [5, 5.41) is 3.01. The fraction of sp³-hybridized carbons (Fsp3) is 0.619. The van der Waals surface area contributed by atoms with E-state index in [-0.39, 0.29) is 23.7 Å². The van der Waals surface area contributed by atoms with E-state index in [2.05, 4.69) is 5.32 Å². The minimum absolute atomic E-state index is 0.154. The molecule has 0 radical (unpaired) electrons. The summed E-state index contributed by atoms with van der Waals surface area (Å²) in [5.74, 6) is 2.94. The standard InChI is InChI=1S/C21H27NO4/c1-25-17-4-2-3-5-18(17)26-19(23)6-7-22-20(24)21-11-14-8-15(12-21)10-16(9-14)13-21/h2-5,14-16H,6-13H2,1H3,(H,22,24). The van der Waals surface area contributed by atoms with Gasteiger partial charge < -0.3 is 14.8 Å². The van der Waals surface area contributed by atoms with Crippen LogP contribution in [-0.2, 0) is 9.59 Å². The predicted octanol–water partition coefficient (Wildman–Crippen LogP) is 3.32. The summed E-state index contributed by atoms with van der Waals surface area (Å²) in [4.78, 5) is 24.9. The highest BCUT2D eigenvalue weighted by Crippen LogP contribution is 2.60. The lowest BCUT2D eigenvalue weighted by atomic mass is 9.49. The molecular weight excluding hydrogens is 330 g/mol. The van der Waals surface area contributed by atoms with Crippen LogP contribution in [0.2, 0.25) is 0 Å². The first-order valence-electron chi connectivity index (χ1n) is 9.70. The molecule has 0 atom stereocenters. The van der Waals surface area contributed by atoms with E-state index in [0.29, 0.717) is 18.0 Å². The van der Waals surface area contributed by atoms with Crippen molar-refractivity contribution in [1.29, 1.82) is 0 Å². The molecular formula is C21H27NO4. The van der Waals surface area contributed by atoms with Crippen molar-refractivity contribution >= 4 is 11.9 Å². The van der Waals surface area contributed by atoms with E-state index in [1.54, 1.807) is 25.3 Å². The number of benzene rings is 1. The molecule has 4 fully saturated rings. The molecule has 0 unspecified atom stereocenters. The van der Waals surface area contributed by atoms with E-state index in [4.69, 9.17) is 9.47 Å². The van der Waals surface area contributed by atoms with Crippen molar-refractivity contribution in [2.75, 3.05) is 13.7 Å². The lowest BCUT2D eigenvalue weighted by molar-refractivity contribution is -0.146. The van der Waals surface area contributed by atoms with Gasteiger partial charge in [-0.15, -0.1) is 0 Å². The topological polar surface area (TPSA) is 64.6 Å². The number of nitrogens with one attached hydrogen (secondary N) is 1. The fourth-order valence-electron chi connectivity index (χ4n) is 5.73. The second-order valence-corrected chi connectivity index (χ2v) is 8.33. The Morgan fingerprint density at radius 2 is 1.62 bits per heavy atom. The van der Waals surface area contributed by atoms with Gasteiger partial charge in [0.1, 0.15) is 0 Å². The number of ether oxygens (including phenoxy) is 2. The Morgan fingerprint density at radius 3 is 2.19 bits per heavy atom. The van der Waals surface area contributed by atoms with Gasteiger partial charge in [0, 0.05) is 12.0 Å². The lowest BCUT2D eigenvalue weighted by Gasteiger charge is -2.55. The molecule has 4 bridgehead atoms. The van der Waals surface area contributed by atoms with Crippen LogP contribution in [0.1, 0.15) is 44.9 Å². The highest BCUT2D eigenvalue weighted by Gasteiger charge is 2.54. The molecule has 5 rings (SSSR count). The highest BCUT2D eigenvalue weighted by molar-refractivity contribution is 5.83. The molecule has 0 heterocycles. The van der Waals surface area contributed by atoms with Gasteiger partial charge in [-0.3, -0.25) is 9.59 Å². The molecule has 4 aliphatic rings. The molecule has 4 aliphatic carbocycles. The van der Waals surface area contributed by atoms with Crippen molar-refractivity contribution in [3.05, 3.63) is 24.3 Å². The zero-order valence-electron chi connectivity index (χ0n) is 15.3. The Kier molecular flexibility index (Phi) is 4.63.